The lowest BCUT2D eigenvalue weighted by Crippen LogP contribution is -2.56. The maximum absolute atomic E-state index is 12.2. The van der Waals surface area contributed by atoms with Crippen molar-refractivity contribution in [2.24, 2.45) is 35.0 Å². The molecule has 106 valence electrons. The minimum absolute atomic E-state index is 0.330. The Bertz CT molecular complexity index is 367. The molecule has 0 unspecified atom stereocenters. The van der Waals surface area contributed by atoms with Crippen molar-refractivity contribution in [1.29, 1.82) is 0 Å². The molecular formula is C17H27NO. The molecule has 2 heteroatoms. The van der Waals surface area contributed by atoms with Crippen LogP contribution in [-0.4, -0.2) is 11.9 Å². The highest BCUT2D eigenvalue weighted by molar-refractivity contribution is 5.81. The lowest BCUT2D eigenvalue weighted by molar-refractivity contribution is -0.127. The lowest BCUT2D eigenvalue weighted by Gasteiger charge is -2.59. The van der Waals surface area contributed by atoms with Crippen LogP contribution in [0.5, 0.6) is 0 Å². The first-order valence-corrected chi connectivity index (χ1v) is 8.36. The predicted molar refractivity (Wildman–Crippen MR) is 75.5 cm³/mol. The van der Waals surface area contributed by atoms with Gasteiger partial charge in [-0.1, -0.05) is 6.92 Å². The van der Waals surface area contributed by atoms with Gasteiger partial charge in [0.05, 0.1) is 0 Å². The molecule has 0 aromatic heterocycles. The molecule has 3 atom stereocenters. The Morgan fingerprint density at radius 2 is 1.53 bits per heavy atom. The van der Waals surface area contributed by atoms with Gasteiger partial charge in [0.25, 0.3) is 0 Å². The van der Waals surface area contributed by atoms with Crippen LogP contribution >= 0.6 is 0 Å². The molecule has 0 spiro atoms. The summed E-state index contributed by atoms with van der Waals surface area (Å²) in [5.41, 5.74) is 0.461. The molecule has 4 bridgehead atoms. The Labute approximate surface area is 116 Å². The third kappa shape index (κ3) is 1.94. The van der Waals surface area contributed by atoms with E-state index in [4.69, 9.17) is 0 Å². The molecule has 0 heterocycles. The monoisotopic (exact) mass is 261 g/mol. The fraction of sp³-hybridized carbons (Fsp3) is 0.941. The van der Waals surface area contributed by atoms with Gasteiger partial charge < -0.3 is 5.32 Å². The molecule has 1 N–H and O–H groups in total. The van der Waals surface area contributed by atoms with Crippen LogP contribution < -0.4 is 5.32 Å². The maximum atomic E-state index is 12.2. The summed E-state index contributed by atoms with van der Waals surface area (Å²) in [6.07, 6.45) is 9.74. The van der Waals surface area contributed by atoms with Crippen LogP contribution in [0.25, 0.3) is 0 Å². The van der Waals surface area contributed by atoms with Crippen molar-refractivity contribution in [3.8, 4) is 0 Å². The van der Waals surface area contributed by atoms with Crippen LogP contribution in [0.4, 0.5) is 0 Å². The van der Waals surface area contributed by atoms with E-state index in [9.17, 15) is 4.79 Å². The van der Waals surface area contributed by atoms with E-state index in [-0.39, 0.29) is 0 Å². The first kappa shape index (κ1) is 12.2. The van der Waals surface area contributed by atoms with E-state index in [0.29, 0.717) is 29.2 Å². The van der Waals surface area contributed by atoms with Gasteiger partial charge >= 0.3 is 0 Å². The molecule has 5 rings (SSSR count). The molecule has 5 aliphatic carbocycles. The van der Waals surface area contributed by atoms with Gasteiger partial charge in [0.15, 0.2) is 0 Å². The van der Waals surface area contributed by atoms with Crippen LogP contribution in [0.15, 0.2) is 0 Å². The molecule has 5 fully saturated rings. The van der Waals surface area contributed by atoms with Crippen molar-refractivity contribution in [3.63, 3.8) is 0 Å². The summed E-state index contributed by atoms with van der Waals surface area (Å²) in [5.74, 6) is 4.23. The van der Waals surface area contributed by atoms with Gasteiger partial charge in [-0.15, -0.1) is 0 Å². The first-order chi connectivity index (χ1) is 9.06. The number of carbonyl (C=O) groups is 1. The smallest absolute Gasteiger partial charge is 0.223 e. The van der Waals surface area contributed by atoms with Crippen LogP contribution in [0.1, 0.15) is 58.8 Å². The van der Waals surface area contributed by atoms with Gasteiger partial charge in [-0.3, -0.25) is 4.79 Å². The zero-order valence-corrected chi connectivity index (χ0v) is 12.3. The number of carbonyl (C=O) groups excluding carboxylic acids is 1. The van der Waals surface area contributed by atoms with Crippen molar-refractivity contribution >= 4 is 5.91 Å². The molecule has 0 aromatic carbocycles. The van der Waals surface area contributed by atoms with Gasteiger partial charge in [-0.05, 0) is 81.0 Å². The van der Waals surface area contributed by atoms with Gasteiger partial charge in [0, 0.05) is 12.0 Å². The number of amides is 1. The van der Waals surface area contributed by atoms with Crippen molar-refractivity contribution in [2.75, 3.05) is 0 Å². The zero-order valence-electron chi connectivity index (χ0n) is 12.3. The molecule has 0 aliphatic heterocycles. The summed E-state index contributed by atoms with van der Waals surface area (Å²) in [5, 5.41) is 3.39. The average molecular weight is 261 g/mol. The number of hydrogen-bond donors (Lipinski definition) is 1. The second kappa shape index (κ2) is 3.99. The summed E-state index contributed by atoms with van der Waals surface area (Å²) in [6.45, 7) is 4.48. The van der Waals surface area contributed by atoms with Crippen LogP contribution in [0.2, 0.25) is 0 Å². The summed E-state index contributed by atoms with van der Waals surface area (Å²) < 4.78 is 0. The first-order valence-electron chi connectivity index (χ1n) is 8.36. The van der Waals surface area contributed by atoms with Crippen molar-refractivity contribution < 1.29 is 4.79 Å². The Hall–Kier alpha value is -0.530. The molecule has 0 saturated heterocycles. The molecule has 0 radical (unpaired) electrons. The van der Waals surface area contributed by atoms with E-state index >= 15 is 0 Å². The lowest BCUT2D eigenvalue weighted by atomic mass is 9.48. The van der Waals surface area contributed by atoms with E-state index in [1.165, 1.54) is 38.5 Å². The maximum Gasteiger partial charge on any atom is 0.223 e. The van der Waals surface area contributed by atoms with E-state index in [2.05, 4.69) is 19.2 Å². The Morgan fingerprint density at radius 3 is 1.95 bits per heavy atom. The topological polar surface area (TPSA) is 29.1 Å². The van der Waals surface area contributed by atoms with E-state index in [1.54, 1.807) is 0 Å². The van der Waals surface area contributed by atoms with E-state index < -0.39 is 0 Å². The average Bonchev–Trinajstić information content (AvgIpc) is 3.04. The molecule has 19 heavy (non-hydrogen) atoms. The molecular weight excluding hydrogens is 234 g/mol. The zero-order chi connectivity index (χ0) is 13.2. The van der Waals surface area contributed by atoms with Crippen molar-refractivity contribution in [1.82, 2.24) is 5.32 Å². The SMILES string of the molecule is C[C@@H]1C[C@@H]1C(=O)N[C@H](C)C12CC3CC(CC(C3)C1)C2. The molecule has 5 aliphatic rings. The predicted octanol–water partition coefficient (Wildman–Crippen LogP) is 3.36. The minimum atomic E-state index is 0.330. The Balaban J connectivity index is 1.47. The Morgan fingerprint density at radius 1 is 1.05 bits per heavy atom. The quantitative estimate of drug-likeness (QED) is 0.829. The number of rotatable bonds is 3. The molecule has 5 saturated carbocycles. The van der Waals surface area contributed by atoms with Crippen molar-refractivity contribution in [3.05, 3.63) is 0 Å². The van der Waals surface area contributed by atoms with Gasteiger partial charge in [0.1, 0.15) is 0 Å². The van der Waals surface area contributed by atoms with Crippen molar-refractivity contribution in [2.45, 2.75) is 64.8 Å². The summed E-state index contributed by atoms with van der Waals surface area (Å²) in [6, 6.07) is 0.404. The Kier molecular flexibility index (Phi) is 2.57. The van der Waals surface area contributed by atoms with Crippen LogP contribution in [0, 0.1) is 35.0 Å². The highest BCUT2D eigenvalue weighted by Crippen LogP contribution is 2.61. The van der Waals surface area contributed by atoms with E-state index in [1.807, 2.05) is 0 Å². The van der Waals surface area contributed by atoms with Crippen LogP contribution in [0.3, 0.4) is 0 Å². The van der Waals surface area contributed by atoms with Gasteiger partial charge in [-0.2, -0.15) is 0 Å². The molecule has 1 amide bonds. The standard InChI is InChI=1S/C17H27NO/c1-10-3-15(10)16(19)18-11(2)17-7-12-4-13(8-17)6-14(5-12)9-17/h10-15H,3-9H2,1-2H3,(H,18,19)/t10-,11-,12?,13?,14?,15+,17?/m1/s1. The summed E-state index contributed by atoms with van der Waals surface area (Å²) >= 11 is 0. The highest BCUT2D eigenvalue weighted by Gasteiger charge is 2.53. The van der Waals surface area contributed by atoms with E-state index in [0.717, 1.165) is 24.2 Å². The summed E-state index contributed by atoms with van der Waals surface area (Å²) in [4.78, 5) is 12.2. The fourth-order valence-electron chi connectivity index (χ4n) is 5.87. The molecule has 0 aromatic rings. The van der Waals surface area contributed by atoms with Gasteiger partial charge in [0.2, 0.25) is 5.91 Å². The van der Waals surface area contributed by atoms with Crippen LogP contribution in [-0.2, 0) is 4.79 Å². The number of nitrogens with one attached hydrogen (secondary N) is 1. The third-order valence-electron chi connectivity index (χ3n) is 6.81. The normalized spacial score (nSPS) is 52.0. The van der Waals surface area contributed by atoms with Gasteiger partial charge in [-0.25, -0.2) is 0 Å². The highest BCUT2D eigenvalue weighted by atomic mass is 16.2. The fourth-order valence-corrected chi connectivity index (χ4v) is 5.87. The third-order valence-corrected chi connectivity index (χ3v) is 6.81. The largest absolute Gasteiger partial charge is 0.353 e. The summed E-state index contributed by atoms with van der Waals surface area (Å²) in [7, 11) is 0. The second-order valence-corrected chi connectivity index (χ2v) is 8.33. The second-order valence-electron chi connectivity index (χ2n) is 8.33. The molecule has 2 nitrogen and oxygen atoms in total. The minimum Gasteiger partial charge on any atom is -0.353 e. The number of hydrogen-bond acceptors (Lipinski definition) is 1.